The minimum Gasteiger partial charge on any atom is -0.378 e. The van der Waals surface area contributed by atoms with E-state index in [1.165, 1.54) is 44.0 Å². The Kier molecular flexibility index (Phi) is 4.02. The monoisotopic (exact) mass is 235 g/mol. The Morgan fingerprint density at radius 2 is 1.59 bits per heavy atom. The molecule has 0 amide bonds. The van der Waals surface area contributed by atoms with E-state index in [1.807, 2.05) is 0 Å². The molecule has 0 spiro atoms. The van der Waals surface area contributed by atoms with E-state index in [9.17, 15) is 0 Å². The Bertz CT molecular complexity index is 337. The minimum atomic E-state index is 1.18. The van der Waals surface area contributed by atoms with Crippen molar-refractivity contribution in [2.45, 2.75) is 6.54 Å². The summed E-state index contributed by atoms with van der Waals surface area (Å²) in [5.74, 6) is 0. The number of hydrogen-bond donors (Lipinski definition) is 2. The maximum atomic E-state index is 2.29. The lowest BCUT2D eigenvalue weighted by Crippen LogP contribution is -3.26. The number of piperazine rings is 1. The van der Waals surface area contributed by atoms with E-state index in [1.54, 1.807) is 9.80 Å². The summed E-state index contributed by atoms with van der Waals surface area (Å²) in [6, 6.07) is 8.98. The molecule has 3 heteroatoms. The summed E-state index contributed by atoms with van der Waals surface area (Å²) in [4.78, 5) is 5.56. The molecule has 2 rings (SSSR count). The molecule has 1 heterocycles. The molecule has 3 nitrogen and oxygen atoms in total. The lowest BCUT2D eigenvalue weighted by molar-refractivity contribution is -1.01. The highest BCUT2D eigenvalue weighted by atomic mass is 15.2. The number of benzene rings is 1. The van der Waals surface area contributed by atoms with Crippen LogP contribution in [0.25, 0.3) is 0 Å². The van der Waals surface area contributed by atoms with Crippen LogP contribution >= 0.6 is 0 Å². The summed E-state index contributed by atoms with van der Waals surface area (Å²) < 4.78 is 0. The lowest BCUT2D eigenvalue weighted by atomic mass is 10.1. The van der Waals surface area contributed by atoms with Crippen molar-refractivity contribution < 1.29 is 9.80 Å². The zero-order valence-electron chi connectivity index (χ0n) is 11.3. The molecule has 0 atom stereocenters. The summed E-state index contributed by atoms with van der Waals surface area (Å²) in [6.45, 7) is 6.42. The fraction of sp³-hybridized carbons (Fsp3) is 0.571. The van der Waals surface area contributed by atoms with Crippen LogP contribution in [-0.2, 0) is 6.54 Å². The van der Waals surface area contributed by atoms with Gasteiger partial charge in [-0.1, -0.05) is 12.1 Å². The third-order valence-electron chi connectivity index (χ3n) is 3.72. The second-order valence-corrected chi connectivity index (χ2v) is 5.44. The Hall–Kier alpha value is -1.06. The molecule has 1 aliphatic rings. The van der Waals surface area contributed by atoms with Crippen LogP contribution < -0.4 is 14.7 Å². The van der Waals surface area contributed by atoms with Crippen molar-refractivity contribution in [3.63, 3.8) is 0 Å². The van der Waals surface area contributed by atoms with Crippen molar-refractivity contribution in [2.24, 2.45) is 0 Å². The minimum absolute atomic E-state index is 1.18. The molecule has 2 N–H and O–H groups in total. The second-order valence-electron chi connectivity index (χ2n) is 5.44. The number of anilines is 1. The largest absolute Gasteiger partial charge is 0.378 e. The predicted molar refractivity (Wildman–Crippen MR) is 71.8 cm³/mol. The Labute approximate surface area is 105 Å². The summed E-state index contributed by atoms with van der Waals surface area (Å²) in [7, 11) is 6.47. The van der Waals surface area contributed by atoms with E-state index in [2.05, 4.69) is 50.3 Å². The molecule has 94 valence electrons. The SMILES string of the molecule is CN(C)c1ccc(C[NH+]2CC[NH+](C)CC2)cc1. The molecule has 0 radical (unpaired) electrons. The first-order valence-corrected chi connectivity index (χ1v) is 6.56. The van der Waals surface area contributed by atoms with Gasteiger partial charge >= 0.3 is 0 Å². The molecule has 1 fully saturated rings. The average Bonchev–Trinajstić information content (AvgIpc) is 2.33. The normalized spacial score (nSPS) is 24.6. The number of likely N-dealkylation sites (N-methyl/N-ethyl adjacent to an activating group) is 1. The topological polar surface area (TPSA) is 12.1 Å². The third kappa shape index (κ3) is 3.45. The molecule has 1 aromatic rings. The van der Waals surface area contributed by atoms with E-state index in [0.717, 1.165) is 0 Å². The van der Waals surface area contributed by atoms with Gasteiger partial charge in [0.15, 0.2) is 0 Å². The standard InChI is InChI=1S/C14H23N3/c1-15(2)14-6-4-13(5-7-14)12-17-10-8-16(3)9-11-17/h4-7H,8-12H2,1-3H3/p+2. The van der Waals surface area contributed by atoms with Gasteiger partial charge in [-0.15, -0.1) is 0 Å². The predicted octanol–water partition coefficient (Wildman–Crippen LogP) is -1.33. The Morgan fingerprint density at radius 3 is 2.12 bits per heavy atom. The van der Waals surface area contributed by atoms with Gasteiger partial charge in [0, 0.05) is 25.3 Å². The van der Waals surface area contributed by atoms with Crippen LogP contribution in [0.4, 0.5) is 5.69 Å². The molecule has 0 bridgehead atoms. The van der Waals surface area contributed by atoms with Crippen LogP contribution in [0.3, 0.4) is 0 Å². The van der Waals surface area contributed by atoms with Crippen molar-refractivity contribution in [1.82, 2.24) is 0 Å². The molecule has 0 unspecified atom stereocenters. The highest BCUT2D eigenvalue weighted by Gasteiger charge is 2.19. The lowest BCUT2D eigenvalue weighted by Gasteiger charge is -2.27. The van der Waals surface area contributed by atoms with Gasteiger partial charge in [0.25, 0.3) is 0 Å². The Balaban J connectivity index is 1.90. The van der Waals surface area contributed by atoms with Gasteiger partial charge in [0.05, 0.1) is 7.05 Å². The van der Waals surface area contributed by atoms with Crippen LogP contribution in [0, 0.1) is 0 Å². The molecule has 0 saturated carbocycles. The molecule has 0 aromatic heterocycles. The molecule has 0 aliphatic carbocycles. The molecular weight excluding hydrogens is 210 g/mol. The van der Waals surface area contributed by atoms with Crippen molar-refractivity contribution in [3.8, 4) is 0 Å². The fourth-order valence-corrected chi connectivity index (χ4v) is 2.41. The van der Waals surface area contributed by atoms with Gasteiger partial charge in [-0.25, -0.2) is 0 Å². The van der Waals surface area contributed by atoms with E-state index < -0.39 is 0 Å². The van der Waals surface area contributed by atoms with Gasteiger partial charge < -0.3 is 14.7 Å². The number of rotatable bonds is 3. The molecule has 1 aromatic carbocycles. The summed E-state index contributed by atoms with van der Waals surface area (Å²) in [6.07, 6.45) is 0. The van der Waals surface area contributed by atoms with Crippen LogP contribution in [0.15, 0.2) is 24.3 Å². The van der Waals surface area contributed by atoms with E-state index >= 15 is 0 Å². The zero-order chi connectivity index (χ0) is 12.3. The zero-order valence-corrected chi connectivity index (χ0v) is 11.3. The quantitative estimate of drug-likeness (QED) is 0.661. The fourth-order valence-electron chi connectivity index (χ4n) is 2.41. The highest BCUT2D eigenvalue weighted by molar-refractivity contribution is 5.45. The van der Waals surface area contributed by atoms with Gasteiger partial charge in [0.1, 0.15) is 32.7 Å². The van der Waals surface area contributed by atoms with Crippen molar-refractivity contribution >= 4 is 5.69 Å². The third-order valence-corrected chi connectivity index (χ3v) is 3.72. The van der Waals surface area contributed by atoms with Gasteiger partial charge in [-0.05, 0) is 12.1 Å². The highest BCUT2D eigenvalue weighted by Crippen LogP contribution is 2.11. The number of quaternary nitrogens is 2. The van der Waals surface area contributed by atoms with Crippen molar-refractivity contribution in [1.29, 1.82) is 0 Å². The first-order valence-electron chi connectivity index (χ1n) is 6.56. The molecular formula is C14H25N3+2. The van der Waals surface area contributed by atoms with Crippen LogP contribution in [0.5, 0.6) is 0 Å². The second kappa shape index (κ2) is 5.52. The maximum Gasteiger partial charge on any atom is 0.127 e. The summed E-state index contributed by atoms with van der Waals surface area (Å²) in [5, 5.41) is 0. The van der Waals surface area contributed by atoms with E-state index in [-0.39, 0.29) is 0 Å². The van der Waals surface area contributed by atoms with Crippen molar-refractivity contribution in [3.05, 3.63) is 29.8 Å². The number of hydrogen-bond acceptors (Lipinski definition) is 1. The van der Waals surface area contributed by atoms with Crippen LogP contribution in [0.1, 0.15) is 5.56 Å². The number of nitrogens with zero attached hydrogens (tertiary/aromatic N) is 1. The van der Waals surface area contributed by atoms with Gasteiger partial charge in [-0.2, -0.15) is 0 Å². The Morgan fingerprint density at radius 1 is 1.00 bits per heavy atom. The molecule has 1 saturated heterocycles. The molecule has 17 heavy (non-hydrogen) atoms. The van der Waals surface area contributed by atoms with E-state index in [4.69, 9.17) is 0 Å². The van der Waals surface area contributed by atoms with Crippen LogP contribution in [-0.4, -0.2) is 47.3 Å². The smallest absolute Gasteiger partial charge is 0.127 e. The van der Waals surface area contributed by atoms with Crippen LogP contribution in [0.2, 0.25) is 0 Å². The maximum absolute atomic E-state index is 2.29. The van der Waals surface area contributed by atoms with Crippen molar-refractivity contribution in [2.75, 3.05) is 52.2 Å². The first-order chi connectivity index (χ1) is 8.15. The van der Waals surface area contributed by atoms with Gasteiger partial charge in [-0.3, -0.25) is 0 Å². The first kappa shape index (κ1) is 12.4. The van der Waals surface area contributed by atoms with E-state index in [0.29, 0.717) is 0 Å². The summed E-state index contributed by atoms with van der Waals surface area (Å²) in [5.41, 5.74) is 2.75. The summed E-state index contributed by atoms with van der Waals surface area (Å²) >= 11 is 0. The van der Waals surface area contributed by atoms with Gasteiger partial charge in [0.2, 0.25) is 0 Å². The molecule has 1 aliphatic heterocycles. The number of nitrogens with one attached hydrogen (secondary N) is 2. The average molecular weight is 235 g/mol.